The van der Waals surface area contributed by atoms with Gasteiger partial charge in [0.25, 0.3) is 0 Å². The van der Waals surface area contributed by atoms with Crippen molar-refractivity contribution < 1.29 is 19.1 Å². The summed E-state index contributed by atoms with van der Waals surface area (Å²) in [4.78, 5) is 22.3. The van der Waals surface area contributed by atoms with E-state index in [2.05, 4.69) is 12.2 Å². The van der Waals surface area contributed by atoms with Crippen LogP contribution in [0.15, 0.2) is 0 Å². The van der Waals surface area contributed by atoms with Gasteiger partial charge in [-0.1, -0.05) is 39.5 Å². The third-order valence-electron chi connectivity index (χ3n) is 2.37. The lowest BCUT2D eigenvalue weighted by Gasteiger charge is -2.07. The minimum Gasteiger partial charge on any atom is -0.464 e. The molecule has 0 spiro atoms. The summed E-state index contributed by atoms with van der Waals surface area (Å²) in [7, 11) is 0. The second kappa shape index (κ2) is 12.2. The largest absolute Gasteiger partial charge is 0.464 e. The lowest BCUT2D eigenvalue weighted by atomic mass is 10.2. The smallest absolute Gasteiger partial charge is 0.407 e. The number of rotatable bonds is 10. The Labute approximate surface area is 109 Å². The molecule has 0 rings (SSSR count). The van der Waals surface area contributed by atoms with Crippen LogP contribution in [0.25, 0.3) is 0 Å². The molecule has 5 heteroatoms. The SMILES string of the molecule is CCCCCCOC(=O)CNC(=O)OCCCC. The van der Waals surface area contributed by atoms with E-state index in [-0.39, 0.29) is 6.54 Å². The molecule has 5 nitrogen and oxygen atoms in total. The number of hydrogen-bond donors (Lipinski definition) is 1. The van der Waals surface area contributed by atoms with Gasteiger partial charge in [-0.2, -0.15) is 0 Å². The predicted octanol–water partition coefficient (Wildman–Crippen LogP) is 2.64. The van der Waals surface area contributed by atoms with Gasteiger partial charge in [0.05, 0.1) is 13.2 Å². The van der Waals surface area contributed by atoms with Crippen molar-refractivity contribution in [2.45, 2.75) is 52.4 Å². The topological polar surface area (TPSA) is 64.6 Å². The van der Waals surface area contributed by atoms with Gasteiger partial charge in [-0.15, -0.1) is 0 Å². The van der Waals surface area contributed by atoms with E-state index < -0.39 is 12.1 Å². The zero-order chi connectivity index (χ0) is 13.6. The summed E-state index contributed by atoms with van der Waals surface area (Å²) >= 11 is 0. The third kappa shape index (κ3) is 11.2. The molecule has 0 bridgehead atoms. The highest BCUT2D eigenvalue weighted by atomic mass is 16.6. The van der Waals surface area contributed by atoms with E-state index in [4.69, 9.17) is 9.47 Å². The van der Waals surface area contributed by atoms with Crippen molar-refractivity contribution in [3.05, 3.63) is 0 Å². The minimum atomic E-state index is -0.564. The fourth-order valence-electron chi connectivity index (χ4n) is 1.27. The Kier molecular flexibility index (Phi) is 11.3. The van der Waals surface area contributed by atoms with Crippen LogP contribution in [0.2, 0.25) is 0 Å². The van der Waals surface area contributed by atoms with Crippen LogP contribution in [0.4, 0.5) is 4.79 Å². The third-order valence-corrected chi connectivity index (χ3v) is 2.37. The molecule has 0 aromatic rings. The van der Waals surface area contributed by atoms with Crippen molar-refractivity contribution in [3.8, 4) is 0 Å². The van der Waals surface area contributed by atoms with Crippen molar-refractivity contribution >= 4 is 12.1 Å². The average Bonchev–Trinajstić information content (AvgIpc) is 2.36. The number of alkyl carbamates (subject to hydrolysis) is 1. The summed E-state index contributed by atoms with van der Waals surface area (Å²) < 4.78 is 9.79. The van der Waals surface area contributed by atoms with Crippen LogP contribution in [-0.2, 0) is 14.3 Å². The number of carbonyl (C=O) groups excluding carboxylic acids is 2. The van der Waals surface area contributed by atoms with Crippen molar-refractivity contribution in [2.75, 3.05) is 19.8 Å². The van der Waals surface area contributed by atoms with Gasteiger partial charge < -0.3 is 14.8 Å². The van der Waals surface area contributed by atoms with E-state index in [9.17, 15) is 9.59 Å². The molecule has 1 N–H and O–H groups in total. The number of amides is 1. The summed E-state index contributed by atoms with van der Waals surface area (Å²) in [5.74, 6) is -0.418. The van der Waals surface area contributed by atoms with Crippen molar-refractivity contribution in [1.82, 2.24) is 5.32 Å². The van der Waals surface area contributed by atoms with Crippen LogP contribution in [-0.4, -0.2) is 31.8 Å². The Bertz CT molecular complexity index is 231. The zero-order valence-corrected chi connectivity index (χ0v) is 11.5. The maximum absolute atomic E-state index is 11.2. The number of carbonyl (C=O) groups is 2. The average molecular weight is 259 g/mol. The minimum absolute atomic E-state index is 0.126. The molecular weight excluding hydrogens is 234 g/mol. The molecule has 0 aromatic heterocycles. The maximum Gasteiger partial charge on any atom is 0.407 e. The highest BCUT2D eigenvalue weighted by Gasteiger charge is 2.06. The van der Waals surface area contributed by atoms with E-state index >= 15 is 0 Å². The van der Waals surface area contributed by atoms with Gasteiger partial charge in [-0.05, 0) is 12.8 Å². The molecule has 0 aromatic carbocycles. The number of hydrogen-bond acceptors (Lipinski definition) is 4. The quantitative estimate of drug-likeness (QED) is 0.484. The van der Waals surface area contributed by atoms with Crippen LogP contribution >= 0.6 is 0 Å². The lowest BCUT2D eigenvalue weighted by Crippen LogP contribution is -2.31. The molecule has 0 aliphatic heterocycles. The number of nitrogens with one attached hydrogen (secondary N) is 1. The van der Waals surface area contributed by atoms with E-state index in [1.807, 2.05) is 6.92 Å². The molecule has 0 fully saturated rings. The molecule has 1 amide bonds. The fourth-order valence-corrected chi connectivity index (χ4v) is 1.27. The van der Waals surface area contributed by atoms with Gasteiger partial charge in [0.2, 0.25) is 0 Å². The Morgan fingerprint density at radius 2 is 1.56 bits per heavy atom. The van der Waals surface area contributed by atoms with Gasteiger partial charge in [0.15, 0.2) is 0 Å². The molecule has 18 heavy (non-hydrogen) atoms. The number of esters is 1. The van der Waals surface area contributed by atoms with Gasteiger partial charge in [0, 0.05) is 0 Å². The Balaban J connectivity index is 3.37. The van der Waals surface area contributed by atoms with Crippen LogP contribution < -0.4 is 5.32 Å². The summed E-state index contributed by atoms with van der Waals surface area (Å²) in [6.07, 6.45) is 5.48. The van der Waals surface area contributed by atoms with Gasteiger partial charge in [-0.25, -0.2) is 4.79 Å². The molecule has 0 aliphatic carbocycles. The molecule has 0 atom stereocenters. The van der Waals surface area contributed by atoms with E-state index in [0.29, 0.717) is 13.2 Å². The summed E-state index contributed by atoms with van der Waals surface area (Å²) in [6.45, 7) is 4.82. The molecular formula is C13H25NO4. The van der Waals surface area contributed by atoms with E-state index in [1.165, 1.54) is 0 Å². The van der Waals surface area contributed by atoms with Crippen LogP contribution in [0.5, 0.6) is 0 Å². The van der Waals surface area contributed by atoms with Gasteiger partial charge >= 0.3 is 12.1 Å². The van der Waals surface area contributed by atoms with E-state index in [0.717, 1.165) is 38.5 Å². The molecule has 0 saturated carbocycles. The van der Waals surface area contributed by atoms with Crippen LogP contribution in [0.1, 0.15) is 52.4 Å². The van der Waals surface area contributed by atoms with Crippen molar-refractivity contribution in [1.29, 1.82) is 0 Å². The number of unbranched alkanes of at least 4 members (excludes halogenated alkanes) is 4. The second-order valence-corrected chi connectivity index (χ2v) is 4.12. The second-order valence-electron chi connectivity index (χ2n) is 4.12. The molecule has 0 radical (unpaired) electrons. The highest BCUT2D eigenvalue weighted by molar-refractivity contribution is 5.77. The molecule has 0 heterocycles. The van der Waals surface area contributed by atoms with Gasteiger partial charge in [-0.3, -0.25) is 4.79 Å². The first-order chi connectivity index (χ1) is 8.70. The van der Waals surface area contributed by atoms with Gasteiger partial charge in [0.1, 0.15) is 6.54 Å². The first kappa shape index (κ1) is 16.7. The zero-order valence-electron chi connectivity index (χ0n) is 11.5. The fraction of sp³-hybridized carbons (Fsp3) is 0.846. The first-order valence-electron chi connectivity index (χ1n) is 6.77. The van der Waals surface area contributed by atoms with Crippen molar-refractivity contribution in [3.63, 3.8) is 0 Å². The molecule has 0 aliphatic rings. The first-order valence-corrected chi connectivity index (χ1v) is 6.77. The lowest BCUT2D eigenvalue weighted by molar-refractivity contribution is -0.142. The van der Waals surface area contributed by atoms with Crippen molar-refractivity contribution in [2.24, 2.45) is 0 Å². The summed E-state index contributed by atoms with van der Waals surface area (Å²) in [5.41, 5.74) is 0. The highest BCUT2D eigenvalue weighted by Crippen LogP contribution is 1.98. The Morgan fingerprint density at radius 3 is 2.22 bits per heavy atom. The maximum atomic E-state index is 11.2. The molecule has 106 valence electrons. The predicted molar refractivity (Wildman–Crippen MR) is 69.4 cm³/mol. The number of ether oxygens (including phenoxy) is 2. The standard InChI is InChI=1S/C13H25NO4/c1-3-5-7-8-10-17-12(15)11-14-13(16)18-9-6-4-2/h3-11H2,1-2H3,(H,14,16). The van der Waals surface area contributed by atoms with Crippen LogP contribution in [0.3, 0.4) is 0 Å². The molecule has 0 saturated heterocycles. The summed E-state index contributed by atoms with van der Waals surface area (Å²) in [5, 5.41) is 2.36. The summed E-state index contributed by atoms with van der Waals surface area (Å²) in [6, 6.07) is 0. The molecule has 0 unspecified atom stereocenters. The Hall–Kier alpha value is -1.26. The normalized spacial score (nSPS) is 9.89. The Morgan fingerprint density at radius 1 is 0.889 bits per heavy atom. The monoisotopic (exact) mass is 259 g/mol. The van der Waals surface area contributed by atoms with Crippen LogP contribution in [0, 0.1) is 0 Å². The van der Waals surface area contributed by atoms with E-state index in [1.54, 1.807) is 0 Å².